The van der Waals surface area contributed by atoms with Crippen molar-refractivity contribution in [3.8, 4) is 0 Å². The van der Waals surface area contributed by atoms with Crippen molar-refractivity contribution >= 4 is 6.21 Å². The summed E-state index contributed by atoms with van der Waals surface area (Å²) in [6.45, 7) is 11.0. The molecule has 1 heteroatoms. The van der Waals surface area contributed by atoms with E-state index in [0.29, 0.717) is 0 Å². The molecule has 0 aromatic rings. The van der Waals surface area contributed by atoms with Gasteiger partial charge in [-0.25, -0.2) is 0 Å². The van der Waals surface area contributed by atoms with E-state index in [2.05, 4.69) is 18.0 Å². The number of rotatable bonds is 1. The topological polar surface area (TPSA) is 12.4 Å². The lowest BCUT2D eigenvalue weighted by Gasteiger charge is -1.82. The fourth-order valence-electron chi connectivity index (χ4n) is 0.628. The lowest BCUT2D eigenvalue weighted by Crippen LogP contribution is -1.72. The molecule has 0 spiro atoms. The zero-order chi connectivity index (χ0) is 9.11. The Labute approximate surface area is 71.2 Å². The van der Waals surface area contributed by atoms with Gasteiger partial charge in [0.1, 0.15) is 0 Å². The first-order valence-corrected chi connectivity index (χ1v) is 4.62. The highest BCUT2D eigenvalue weighted by atomic mass is 14.7. The summed E-state index contributed by atoms with van der Waals surface area (Å²) in [5.41, 5.74) is 1.38. The third-order valence-electron chi connectivity index (χ3n) is 1.12. The minimum absolute atomic E-state index is 0.906. The number of hydrogen-bond acceptors (Lipinski definition) is 1. The highest BCUT2D eigenvalue weighted by Gasteiger charge is 1.91. The van der Waals surface area contributed by atoms with Gasteiger partial charge in [0.25, 0.3) is 0 Å². The fraction of sp³-hybridized carbons (Fsp3) is 0.700. The van der Waals surface area contributed by atoms with Gasteiger partial charge in [0, 0.05) is 6.21 Å². The molecule has 11 heavy (non-hydrogen) atoms. The first-order valence-electron chi connectivity index (χ1n) is 4.62. The van der Waals surface area contributed by atoms with Gasteiger partial charge in [-0.1, -0.05) is 40.7 Å². The molecule has 1 heterocycles. The van der Waals surface area contributed by atoms with Crippen molar-refractivity contribution in [3.05, 3.63) is 11.6 Å². The fourth-order valence-corrected chi connectivity index (χ4v) is 0.628. The Kier molecular flexibility index (Phi) is 14.4. The Bertz CT molecular complexity index is 112. The Balaban J connectivity index is 0. The molecule has 0 bridgehead atoms. The molecule has 66 valence electrons. The third-order valence-corrected chi connectivity index (χ3v) is 1.12. The molecule has 1 rings (SSSR count). The van der Waals surface area contributed by atoms with Crippen LogP contribution in [0.25, 0.3) is 0 Å². The Morgan fingerprint density at radius 3 is 2.00 bits per heavy atom. The van der Waals surface area contributed by atoms with Crippen LogP contribution in [0.15, 0.2) is 16.6 Å². The quantitative estimate of drug-likeness (QED) is 0.550. The van der Waals surface area contributed by atoms with E-state index in [1.165, 1.54) is 5.57 Å². The lowest BCUT2D eigenvalue weighted by molar-refractivity contribution is 1.18. The molecular weight excluding hydrogens is 134 g/mol. The summed E-state index contributed by atoms with van der Waals surface area (Å²) in [4.78, 5) is 4.02. The van der Waals surface area contributed by atoms with Gasteiger partial charge in [-0.3, -0.25) is 4.99 Å². The van der Waals surface area contributed by atoms with Gasteiger partial charge >= 0.3 is 0 Å². The molecular formula is C10H21N. The molecule has 1 aliphatic heterocycles. The zero-order valence-electron chi connectivity index (χ0n) is 8.52. The number of hydrogen-bond donors (Lipinski definition) is 0. The van der Waals surface area contributed by atoms with Crippen LogP contribution in [0.5, 0.6) is 0 Å². The SMILES string of the molecule is CC.CC.CCC1=CCN=C1. The summed E-state index contributed by atoms with van der Waals surface area (Å²) in [7, 11) is 0. The van der Waals surface area contributed by atoms with Crippen LogP contribution in [0.2, 0.25) is 0 Å². The standard InChI is InChI=1S/C6H9N.2C2H6/c1-2-6-3-4-7-5-6;2*1-2/h3,5H,2,4H2,1H3;2*1-2H3. The molecule has 0 atom stereocenters. The lowest BCUT2D eigenvalue weighted by atomic mass is 10.2. The van der Waals surface area contributed by atoms with Crippen molar-refractivity contribution < 1.29 is 0 Å². The molecule has 0 radical (unpaired) electrons. The number of allylic oxidation sites excluding steroid dienone is 1. The second-order valence-electron chi connectivity index (χ2n) is 1.63. The minimum Gasteiger partial charge on any atom is -0.289 e. The molecule has 0 unspecified atom stereocenters. The Morgan fingerprint density at radius 1 is 1.27 bits per heavy atom. The first kappa shape index (κ1) is 13.0. The molecule has 0 fully saturated rings. The molecule has 0 aliphatic carbocycles. The zero-order valence-corrected chi connectivity index (χ0v) is 8.52. The van der Waals surface area contributed by atoms with E-state index in [4.69, 9.17) is 0 Å². The van der Waals surface area contributed by atoms with Crippen LogP contribution in [-0.4, -0.2) is 12.8 Å². The molecule has 1 aliphatic rings. The maximum Gasteiger partial charge on any atom is 0.0576 e. The van der Waals surface area contributed by atoms with E-state index >= 15 is 0 Å². The number of nitrogens with zero attached hydrogens (tertiary/aromatic N) is 1. The van der Waals surface area contributed by atoms with Crippen LogP contribution in [-0.2, 0) is 0 Å². The van der Waals surface area contributed by atoms with Crippen molar-refractivity contribution in [2.45, 2.75) is 41.0 Å². The number of aliphatic imine (C=N–C) groups is 1. The molecule has 0 aromatic carbocycles. The van der Waals surface area contributed by atoms with E-state index in [1.54, 1.807) is 0 Å². The average Bonchev–Trinajstić information content (AvgIpc) is 2.63. The monoisotopic (exact) mass is 155 g/mol. The predicted octanol–water partition coefficient (Wildman–Crippen LogP) is 3.46. The molecule has 0 aromatic heterocycles. The van der Waals surface area contributed by atoms with E-state index in [9.17, 15) is 0 Å². The van der Waals surface area contributed by atoms with Gasteiger partial charge in [-0.05, 0) is 12.0 Å². The van der Waals surface area contributed by atoms with Crippen LogP contribution in [0, 0.1) is 0 Å². The van der Waals surface area contributed by atoms with E-state index in [0.717, 1.165) is 13.0 Å². The average molecular weight is 155 g/mol. The second-order valence-corrected chi connectivity index (χ2v) is 1.63. The summed E-state index contributed by atoms with van der Waals surface area (Å²) in [6.07, 6.45) is 5.23. The maximum atomic E-state index is 4.02. The Morgan fingerprint density at radius 2 is 1.82 bits per heavy atom. The maximum absolute atomic E-state index is 4.02. The predicted molar refractivity (Wildman–Crippen MR) is 54.4 cm³/mol. The summed E-state index contributed by atoms with van der Waals surface area (Å²) in [5, 5.41) is 0. The van der Waals surface area contributed by atoms with Crippen molar-refractivity contribution in [1.82, 2.24) is 0 Å². The van der Waals surface area contributed by atoms with Crippen LogP contribution < -0.4 is 0 Å². The normalized spacial score (nSPS) is 12.3. The minimum atomic E-state index is 0.906. The molecule has 0 saturated carbocycles. The van der Waals surface area contributed by atoms with E-state index in [-0.39, 0.29) is 0 Å². The smallest absolute Gasteiger partial charge is 0.0576 e. The van der Waals surface area contributed by atoms with Gasteiger partial charge in [-0.15, -0.1) is 0 Å². The molecule has 1 nitrogen and oxygen atoms in total. The third kappa shape index (κ3) is 7.31. The summed E-state index contributed by atoms with van der Waals surface area (Å²) >= 11 is 0. The van der Waals surface area contributed by atoms with E-state index < -0.39 is 0 Å². The molecule has 0 N–H and O–H groups in total. The van der Waals surface area contributed by atoms with E-state index in [1.807, 2.05) is 33.9 Å². The van der Waals surface area contributed by atoms with Crippen molar-refractivity contribution in [2.75, 3.05) is 6.54 Å². The van der Waals surface area contributed by atoms with Gasteiger partial charge in [0.15, 0.2) is 0 Å². The van der Waals surface area contributed by atoms with Crippen LogP contribution in [0.1, 0.15) is 41.0 Å². The van der Waals surface area contributed by atoms with Crippen molar-refractivity contribution in [3.63, 3.8) is 0 Å². The largest absolute Gasteiger partial charge is 0.289 e. The Hall–Kier alpha value is -0.590. The van der Waals surface area contributed by atoms with Gasteiger partial charge in [0.2, 0.25) is 0 Å². The van der Waals surface area contributed by atoms with Crippen LogP contribution in [0.3, 0.4) is 0 Å². The van der Waals surface area contributed by atoms with Gasteiger partial charge in [0.05, 0.1) is 6.54 Å². The highest BCUT2D eigenvalue weighted by molar-refractivity contribution is 5.80. The summed E-state index contributed by atoms with van der Waals surface area (Å²) < 4.78 is 0. The van der Waals surface area contributed by atoms with Gasteiger partial charge in [-0.2, -0.15) is 0 Å². The van der Waals surface area contributed by atoms with Crippen LogP contribution in [0.4, 0.5) is 0 Å². The van der Waals surface area contributed by atoms with Crippen molar-refractivity contribution in [1.29, 1.82) is 0 Å². The molecule has 0 saturated heterocycles. The molecule has 0 amide bonds. The van der Waals surface area contributed by atoms with Crippen LogP contribution >= 0.6 is 0 Å². The summed E-state index contributed by atoms with van der Waals surface area (Å²) in [5.74, 6) is 0. The second kappa shape index (κ2) is 12.1. The van der Waals surface area contributed by atoms with Crippen molar-refractivity contribution in [2.24, 2.45) is 4.99 Å². The first-order chi connectivity index (χ1) is 5.43. The highest BCUT2D eigenvalue weighted by Crippen LogP contribution is 2.01. The summed E-state index contributed by atoms with van der Waals surface area (Å²) in [6, 6.07) is 0. The van der Waals surface area contributed by atoms with Gasteiger partial charge < -0.3 is 0 Å².